The first kappa shape index (κ1) is 13.1. The van der Waals surface area contributed by atoms with Gasteiger partial charge in [-0.2, -0.15) is 0 Å². The van der Waals surface area contributed by atoms with Gasteiger partial charge in [0, 0.05) is 0 Å². The quantitative estimate of drug-likeness (QED) is 0.866. The van der Waals surface area contributed by atoms with Crippen LogP contribution in [0.15, 0.2) is 23.1 Å². The van der Waals surface area contributed by atoms with E-state index in [2.05, 4.69) is 4.72 Å². The Morgan fingerprint density at radius 1 is 1.25 bits per heavy atom. The molecule has 0 aromatic heterocycles. The molecule has 0 unspecified atom stereocenters. The molecule has 0 saturated carbocycles. The third-order valence-electron chi connectivity index (χ3n) is 2.33. The normalized spacial score (nSPS) is 12.8. The number of hydrogen-bond donors (Lipinski definition) is 1. The second kappa shape index (κ2) is 4.14. The molecule has 1 N–H and O–H groups in total. The van der Waals surface area contributed by atoms with E-state index in [9.17, 15) is 12.8 Å². The van der Waals surface area contributed by atoms with E-state index in [1.165, 1.54) is 19.2 Å². The van der Waals surface area contributed by atoms with E-state index < -0.39 is 15.8 Å². The lowest BCUT2D eigenvalue weighted by Crippen LogP contribution is -2.20. The van der Waals surface area contributed by atoms with Gasteiger partial charge in [-0.15, -0.1) is 0 Å². The summed E-state index contributed by atoms with van der Waals surface area (Å²) in [6.45, 7) is 5.62. The Labute approximate surface area is 95.7 Å². The summed E-state index contributed by atoms with van der Waals surface area (Å²) in [4.78, 5) is -0.0551. The Balaban J connectivity index is 3.31. The van der Waals surface area contributed by atoms with Crippen molar-refractivity contribution in [3.8, 4) is 0 Å². The van der Waals surface area contributed by atoms with Gasteiger partial charge in [-0.05, 0) is 30.2 Å². The van der Waals surface area contributed by atoms with Gasteiger partial charge in [0.05, 0.1) is 4.90 Å². The first-order chi connectivity index (χ1) is 7.18. The summed E-state index contributed by atoms with van der Waals surface area (Å²) in [6, 6.07) is 3.97. The van der Waals surface area contributed by atoms with E-state index in [1.807, 2.05) is 20.8 Å². The lowest BCUT2D eigenvalue weighted by molar-refractivity contribution is 0.519. The van der Waals surface area contributed by atoms with Crippen molar-refractivity contribution in [2.45, 2.75) is 31.1 Å². The van der Waals surface area contributed by atoms with Crippen LogP contribution >= 0.6 is 0 Å². The van der Waals surface area contributed by atoms with Crippen molar-refractivity contribution in [2.75, 3.05) is 7.05 Å². The molecule has 0 aliphatic heterocycles. The molecule has 0 atom stereocenters. The van der Waals surface area contributed by atoms with Crippen LogP contribution in [0.4, 0.5) is 4.39 Å². The zero-order chi connectivity index (χ0) is 12.6. The minimum Gasteiger partial charge on any atom is -0.214 e. The Morgan fingerprint density at radius 3 is 2.19 bits per heavy atom. The van der Waals surface area contributed by atoms with Gasteiger partial charge in [-0.25, -0.2) is 17.5 Å². The molecule has 5 heteroatoms. The number of benzene rings is 1. The molecule has 1 aromatic rings. The predicted molar refractivity (Wildman–Crippen MR) is 61.3 cm³/mol. The van der Waals surface area contributed by atoms with Crippen LogP contribution in [0.3, 0.4) is 0 Å². The van der Waals surface area contributed by atoms with Gasteiger partial charge in [0.25, 0.3) is 0 Å². The highest BCUT2D eigenvalue weighted by Gasteiger charge is 2.21. The maximum atomic E-state index is 13.7. The van der Waals surface area contributed by atoms with Crippen LogP contribution < -0.4 is 4.72 Å². The molecule has 0 saturated heterocycles. The summed E-state index contributed by atoms with van der Waals surface area (Å²) in [7, 11) is -2.28. The Kier molecular flexibility index (Phi) is 3.40. The van der Waals surface area contributed by atoms with E-state index in [-0.39, 0.29) is 10.3 Å². The van der Waals surface area contributed by atoms with Crippen molar-refractivity contribution in [3.63, 3.8) is 0 Å². The first-order valence-electron chi connectivity index (χ1n) is 4.92. The largest absolute Gasteiger partial charge is 0.240 e. The average Bonchev–Trinajstić information content (AvgIpc) is 2.15. The lowest BCUT2D eigenvalue weighted by Gasteiger charge is -2.20. The van der Waals surface area contributed by atoms with Crippen LogP contribution in [0, 0.1) is 5.82 Å². The van der Waals surface area contributed by atoms with E-state index >= 15 is 0 Å². The molecular formula is C11H16FNO2S. The zero-order valence-electron chi connectivity index (χ0n) is 9.83. The average molecular weight is 245 g/mol. The summed E-state index contributed by atoms with van der Waals surface area (Å²) in [6.07, 6.45) is 0. The molecule has 3 nitrogen and oxygen atoms in total. The van der Waals surface area contributed by atoms with Crippen LogP contribution in [0.2, 0.25) is 0 Å². The number of halogens is 1. The number of hydrogen-bond acceptors (Lipinski definition) is 2. The van der Waals surface area contributed by atoms with Crippen LogP contribution in [0.25, 0.3) is 0 Å². The van der Waals surface area contributed by atoms with Gasteiger partial charge in [-0.3, -0.25) is 0 Å². The van der Waals surface area contributed by atoms with Crippen LogP contribution in [0.5, 0.6) is 0 Å². The van der Waals surface area contributed by atoms with E-state index in [4.69, 9.17) is 0 Å². The smallest absolute Gasteiger partial charge is 0.214 e. The van der Waals surface area contributed by atoms with Crippen LogP contribution in [-0.2, 0) is 15.4 Å². The maximum absolute atomic E-state index is 13.7. The number of rotatable bonds is 2. The standard InChI is InChI=1S/C11H16FNO2S/c1-11(2,3)9-6-5-8(7-10(9)12)16(14,15)13-4/h5-7,13H,1-4H3. The third-order valence-corrected chi connectivity index (χ3v) is 3.74. The van der Waals surface area contributed by atoms with Crippen molar-refractivity contribution >= 4 is 10.0 Å². The van der Waals surface area contributed by atoms with Crippen molar-refractivity contribution in [2.24, 2.45) is 0 Å². The van der Waals surface area contributed by atoms with Gasteiger partial charge in [0.15, 0.2) is 0 Å². The van der Waals surface area contributed by atoms with E-state index in [1.54, 1.807) is 0 Å². The molecule has 0 spiro atoms. The molecule has 0 fully saturated rings. The Morgan fingerprint density at radius 2 is 1.81 bits per heavy atom. The molecule has 90 valence electrons. The summed E-state index contributed by atoms with van der Waals surface area (Å²) in [5, 5.41) is 0. The summed E-state index contributed by atoms with van der Waals surface area (Å²) in [5.74, 6) is -0.496. The van der Waals surface area contributed by atoms with Crippen molar-refractivity contribution in [3.05, 3.63) is 29.6 Å². The van der Waals surface area contributed by atoms with Gasteiger partial charge in [0.2, 0.25) is 10.0 Å². The van der Waals surface area contributed by atoms with Crippen molar-refractivity contribution < 1.29 is 12.8 Å². The molecule has 16 heavy (non-hydrogen) atoms. The molecule has 0 aliphatic rings. The predicted octanol–water partition coefficient (Wildman–Crippen LogP) is 2.03. The molecule has 0 aliphatic carbocycles. The van der Waals surface area contributed by atoms with E-state index in [0.717, 1.165) is 6.07 Å². The van der Waals surface area contributed by atoms with Crippen LogP contribution in [0.1, 0.15) is 26.3 Å². The molecule has 0 bridgehead atoms. The molecule has 0 radical (unpaired) electrons. The molecule has 1 aromatic carbocycles. The lowest BCUT2D eigenvalue weighted by atomic mass is 9.87. The van der Waals surface area contributed by atoms with Gasteiger partial charge >= 0.3 is 0 Å². The fourth-order valence-corrected chi connectivity index (χ4v) is 2.13. The fraction of sp³-hybridized carbons (Fsp3) is 0.455. The monoisotopic (exact) mass is 245 g/mol. The summed E-state index contributed by atoms with van der Waals surface area (Å²) >= 11 is 0. The van der Waals surface area contributed by atoms with Crippen LogP contribution in [-0.4, -0.2) is 15.5 Å². The first-order valence-corrected chi connectivity index (χ1v) is 6.40. The molecule has 0 amide bonds. The van der Waals surface area contributed by atoms with Crippen molar-refractivity contribution in [1.82, 2.24) is 4.72 Å². The zero-order valence-corrected chi connectivity index (χ0v) is 10.7. The second-order valence-electron chi connectivity index (χ2n) is 4.60. The summed E-state index contributed by atoms with van der Waals surface area (Å²) in [5.41, 5.74) is 0.161. The maximum Gasteiger partial charge on any atom is 0.240 e. The Bertz CT molecular complexity index is 489. The van der Waals surface area contributed by atoms with Gasteiger partial charge in [-0.1, -0.05) is 26.8 Å². The minimum atomic E-state index is -3.57. The van der Waals surface area contributed by atoms with E-state index in [0.29, 0.717) is 5.56 Å². The molecule has 0 heterocycles. The second-order valence-corrected chi connectivity index (χ2v) is 6.49. The topological polar surface area (TPSA) is 46.2 Å². The fourth-order valence-electron chi connectivity index (χ4n) is 1.39. The van der Waals surface area contributed by atoms with Gasteiger partial charge in [0.1, 0.15) is 5.82 Å². The highest BCUT2D eigenvalue weighted by atomic mass is 32.2. The SMILES string of the molecule is CNS(=O)(=O)c1ccc(C(C)(C)C)c(F)c1. The molecular weight excluding hydrogens is 229 g/mol. The highest BCUT2D eigenvalue weighted by molar-refractivity contribution is 7.89. The minimum absolute atomic E-state index is 0.0551. The molecule has 1 rings (SSSR count). The number of sulfonamides is 1. The van der Waals surface area contributed by atoms with Gasteiger partial charge < -0.3 is 0 Å². The van der Waals surface area contributed by atoms with Crippen molar-refractivity contribution in [1.29, 1.82) is 0 Å². The Hall–Kier alpha value is -0.940. The third kappa shape index (κ3) is 2.59. The highest BCUT2D eigenvalue weighted by Crippen LogP contribution is 2.26. The number of nitrogens with one attached hydrogen (secondary N) is 1. The summed E-state index contributed by atoms with van der Waals surface area (Å²) < 4.78 is 38.7.